The highest BCUT2D eigenvalue weighted by Crippen LogP contribution is 2.22. The van der Waals surface area contributed by atoms with Gasteiger partial charge in [-0.3, -0.25) is 0 Å². The van der Waals surface area contributed by atoms with E-state index in [4.69, 9.17) is 4.74 Å². The van der Waals surface area contributed by atoms with Crippen molar-refractivity contribution >= 4 is 15.9 Å². The highest BCUT2D eigenvalue weighted by Gasteiger charge is 2.04. The SMILES string of the molecule is CCC(O)COc1ccc(Br)c(CNC)c1. The van der Waals surface area contributed by atoms with E-state index in [9.17, 15) is 5.11 Å². The fourth-order valence-corrected chi connectivity index (χ4v) is 1.66. The van der Waals surface area contributed by atoms with Crippen molar-refractivity contribution in [1.82, 2.24) is 5.32 Å². The molecule has 0 saturated carbocycles. The molecule has 1 rings (SSSR count). The molecule has 90 valence electrons. The van der Waals surface area contributed by atoms with Gasteiger partial charge in [-0.1, -0.05) is 22.9 Å². The molecule has 0 heterocycles. The summed E-state index contributed by atoms with van der Waals surface area (Å²) in [6.45, 7) is 3.06. The van der Waals surface area contributed by atoms with Gasteiger partial charge in [0, 0.05) is 11.0 Å². The van der Waals surface area contributed by atoms with Crippen LogP contribution in [0.2, 0.25) is 0 Å². The van der Waals surface area contributed by atoms with Crippen LogP contribution in [0.1, 0.15) is 18.9 Å². The van der Waals surface area contributed by atoms with Gasteiger partial charge in [0.1, 0.15) is 12.4 Å². The van der Waals surface area contributed by atoms with Crippen LogP contribution in [0.3, 0.4) is 0 Å². The molecule has 0 aliphatic heterocycles. The maximum Gasteiger partial charge on any atom is 0.119 e. The van der Waals surface area contributed by atoms with Crippen LogP contribution >= 0.6 is 15.9 Å². The Morgan fingerprint density at radius 1 is 1.50 bits per heavy atom. The highest BCUT2D eigenvalue weighted by atomic mass is 79.9. The van der Waals surface area contributed by atoms with Crippen LogP contribution in [0.4, 0.5) is 0 Å². The Hall–Kier alpha value is -0.580. The minimum absolute atomic E-state index is 0.344. The van der Waals surface area contributed by atoms with Gasteiger partial charge in [0.05, 0.1) is 6.10 Å². The minimum Gasteiger partial charge on any atom is -0.491 e. The summed E-state index contributed by atoms with van der Waals surface area (Å²) in [5, 5.41) is 12.5. The molecule has 0 radical (unpaired) electrons. The topological polar surface area (TPSA) is 41.5 Å². The summed E-state index contributed by atoms with van der Waals surface area (Å²) in [4.78, 5) is 0. The first-order chi connectivity index (χ1) is 7.67. The molecule has 1 aromatic carbocycles. The molecule has 0 saturated heterocycles. The van der Waals surface area contributed by atoms with Gasteiger partial charge in [-0.05, 0) is 37.2 Å². The van der Waals surface area contributed by atoms with E-state index < -0.39 is 6.10 Å². The van der Waals surface area contributed by atoms with E-state index in [1.54, 1.807) is 0 Å². The van der Waals surface area contributed by atoms with Gasteiger partial charge >= 0.3 is 0 Å². The molecule has 1 unspecified atom stereocenters. The number of hydrogen-bond donors (Lipinski definition) is 2. The van der Waals surface area contributed by atoms with Crippen molar-refractivity contribution in [2.45, 2.75) is 26.0 Å². The van der Waals surface area contributed by atoms with E-state index in [2.05, 4.69) is 21.2 Å². The summed E-state index contributed by atoms with van der Waals surface area (Å²) in [7, 11) is 1.90. The Bertz CT molecular complexity index is 331. The van der Waals surface area contributed by atoms with Gasteiger partial charge in [-0.2, -0.15) is 0 Å². The second-order valence-corrected chi connectivity index (χ2v) is 4.51. The van der Waals surface area contributed by atoms with Gasteiger partial charge in [-0.25, -0.2) is 0 Å². The molecule has 4 heteroatoms. The Balaban J connectivity index is 2.63. The molecule has 0 aliphatic rings. The van der Waals surface area contributed by atoms with Crippen molar-refractivity contribution in [2.24, 2.45) is 0 Å². The van der Waals surface area contributed by atoms with Gasteiger partial charge in [-0.15, -0.1) is 0 Å². The van der Waals surface area contributed by atoms with E-state index >= 15 is 0 Å². The van der Waals surface area contributed by atoms with Crippen LogP contribution in [0, 0.1) is 0 Å². The van der Waals surface area contributed by atoms with Crippen LogP contribution in [-0.4, -0.2) is 24.9 Å². The molecule has 0 aliphatic carbocycles. The van der Waals surface area contributed by atoms with Gasteiger partial charge in [0.25, 0.3) is 0 Å². The molecule has 0 fully saturated rings. The van der Waals surface area contributed by atoms with Crippen molar-refractivity contribution < 1.29 is 9.84 Å². The third-order valence-corrected chi connectivity index (χ3v) is 3.07. The summed E-state index contributed by atoms with van der Waals surface area (Å²) in [5.74, 6) is 0.793. The van der Waals surface area contributed by atoms with Gasteiger partial charge in [0.15, 0.2) is 0 Å². The number of nitrogens with one attached hydrogen (secondary N) is 1. The van der Waals surface area contributed by atoms with Crippen LogP contribution in [-0.2, 0) is 6.54 Å². The van der Waals surface area contributed by atoms with Crippen LogP contribution in [0.5, 0.6) is 5.75 Å². The minimum atomic E-state index is -0.392. The second kappa shape index (κ2) is 6.89. The monoisotopic (exact) mass is 287 g/mol. The molecule has 0 spiro atoms. The van der Waals surface area contributed by atoms with Crippen molar-refractivity contribution in [3.8, 4) is 5.75 Å². The van der Waals surface area contributed by atoms with Crippen molar-refractivity contribution in [2.75, 3.05) is 13.7 Å². The zero-order chi connectivity index (χ0) is 12.0. The average Bonchev–Trinajstić information content (AvgIpc) is 2.30. The normalized spacial score (nSPS) is 12.5. The molecule has 1 aromatic rings. The van der Waals surface area contributed by atoms with Gasteiger partial charge < -0.3 is 15.2 Å². The predicted octanol–water partition coefficient (Wildman–Crippen LogP) is 2.32. The van der Waals surface area contributed by atoms with E-state index in [0.717, 1.165) is 22.3 Å². The second-order valence-electron chi connectivity index (χ2n) is 3.66. The number of aliphatic hydroxyl groups is 1. The van der Waals surface area contributed by atoms with Crippen molar-refractivity contribution in [1.29, 1.82) is 0 Å². The lowest BCUT2D eigenvalue weighted by Gasteiger charge is -2.12. The fourth-order valence-electron chi connectivity index (χ4n) is 1.28. The lowest BCUT2D eigenvalue weighted by atomic mass is 10.2. The first-order valence-corrected chi connectivity index (χ1v) is 6.20. The number of rotatable bonds is 6. The highest BCUT2D eigenvalue weighted by molar-refractivity contribution is 9.10. The van der Waals surface area contributed by atoms with E-state index in [-0.39, 0.29) is 0 Å². The number of ether oxygens (including phenoxy) is 1. The molecular formula is C12H18BrNO2. The van der Waals surface area contributed by atoms with Gasteiger partial charge in [0.2, 0.25) is 0 Å². The summed E-state index contributed by atoms with van der Waals surface area (Å²) in [6.07, 6.45) is 0.316. The molecule has 3 nitrogen and oxygen atoms in total. The third kappa shape index (κ3) is 4.12. The predicted molar refractivity (Wildman–Crippen MR) is 68.7 cm³/mol. The molecule has 16 heavy (non-hydrogen) atoms. The summed E-state index contributed by atoms with van der Waals surface area (Å²) in [5.41, 5.74) is 1.14. The average molecular weight is 288 g/mol. The Morgan fingerprint density at radius 2 is 2.25 bits per heavy atom. The van der Waals surface area contributed by atoms with E-state index in [1.807, 2.05) is 32.2 Å². The standard InChI is InChI=1S/C12H18BrNO2/c1-3-10(15)8-16-11-4-5-12(13)9(6-11)7-14-2/h4-6,10,14-15H,3,7-8H2,1-2H3. The van der Waals surface area contributed by atoms with Crippen LogP contribution in [0.25, 0.3) is 0 Å². The Kier molecular flexibility index (Phi) is 5.80. The molecular weight excluding hydrogens is 270 g/mol. The molecule has 0 bridgehead atoms. The van der Waals surface area contributed by atoms with E-state index in [0.29, 0.717) is 13.0 Å². The maximum atomic E-state index is 9.40. The largest absolute Gasteiger partial charge is 0.491 e. The number of aliphatic hydroxyl groups excluding tert-OH is 1. The van der Waals surface area contributed by atoms with Crippen molar-refractivity contribution in [3.05, 3.63) is 28.2 Å². The Labute approximate surface area is 105 Å². The molecule has 0 amide bonds. The Morgan fingerprint density at radius 3 is 2.88 bits per heavy atom. The van der Waals surface area contributed by atoms with Crippen LogP contribution < -0.4 is 10.1 Å². The zero-order valence-corrected chi connectivity index (χ0v) is 11.3. The third-order valence-electron chi connectivity index (χ3n) is 2.30. The zero-order valence-electron chi connectivity index (χ0n) is 9.66. The maximum absolute atomic E-state index is 9.40. The fraction of sp³-hybridized carbons (Fsp3) is 0.500. The smallest absolute Gasteiger partial charge is 0.119 e. The summed E-state index contributed by atoms with van der Waals surface area (Å²) < 4.78 is 6.56. The lowest BCUT2D eigenvalue weighted by Crippen LogP contribution is -2.16. The summed E-state index contributed by atoms with van der Waals surface area (Å²) in [6, 6.07) is 5.83. The lowest BCUT2D eigenvalue weighted by molar-refractivity contribution is 0.104. The number of hydrogen-bond acceptors (Lipinski definition) is 3. The molecule has 2 N–H and O–H groups in total. The van der Waals surface area contributed by atoms with Crippen LogP contribution in [0.15, 0.2) is 22.7 Å². The first kappa shape index (κ1) is 13.5. The molecule has 1 atom stereocenters. The first-order valence-electron chi connectivity index (χ1n) is 5.41. The van der Waals surface area contributed by atoms with Crippen molar-refractivity contribution in [3.63, 3.8) is 0 Å². The summed E-state index contributed by atoms with van der Waals surface area (Å²) >= 11 is 3.48. The number of benzene rings is 1. The molecule has 0 aromatic heterocycles. The quantitative estimate of drug-likeness (QED) is 0.844. The number of halogens is 1. The van der Waals surface area contributed by atoms with E-state index in [1.165, 1.54) is 0 Å².